The lowest BCUT2D eigenvalue weighted by molar-refractivity contribution is 0.541. The molecule has 1 atom stereocenters. The molecule has 0 spiro atoms. The van der Waals surface area contributed by atoms with Crippen LogP contribution in [-0.2, 0) is 6.42 Å². The van der Waals surface area contributed by atoms with Crippen LogP contribution in [0.25, 0.3) is 0 Å². The second-order valence-electron chi connectivity index (χ2n) is 3.15. The van der Waals surface area contributed by atoms with Crippen LogP contribution in [0.2, 0.25) is 0 Å². The molecule has 2 rings (SSSR count). The minimum absolute atomic E-state index is 0.211. The summed E-state index contributed by atoms with van der Waals surface area (Å²) in [6, 6.07) is 2.18. The molecule has 0 aliphatic rings. The molecule has 2 heterocycles. The van der Waals surface area contributed by atoms with Gasteiger partial charge in [0.2, 0.25) is 0 Å². The summed E-state index contributed by atoms with van der Waals surface area (Å²) < 4.78 is 5.02. The van der Waals surface area contributed by atoms with E-state index in [1.54, 1.807) is 18.7 Å². The van der Waals surface area contributed by atoms with E-state index < -0.39 is 0 Å². The Bertz CT molecular complexity index is 353. The molecule has 14 heavy (non-hydrogen) atoms. The highest BCUT2D eigenvalue weighted by Crippen LogP contribution is 2.14. The minimum atomic E-state index is 0.211. The summed E-state index contributed by atoms with van der Waals surface area (Å²) in [5, 5.41) is 3.21. The SMILES string of the molecule is CNC(Cc1ccoc1)c1ncc[nH]1. The highest BCUT2D eigenvalue weighted by atomic mass is 16.3. The van der Waals surface area contributed by atoms with E-state index in [9.17, 15) is 0 Å². The van der Waals surface area contributed by atoms with E-state index in [2.05, 4.69) is 15.3 Å². The molecule has 0 fully saturated rings. The fraction of sp³-hybridized carbons (Fsp3) is 0.300. The quantitative estimate of drug-likeness (QED) is 0.770. The van der Waals surface area contributed by atoms with E-state index in [-0.39, 0.29) is 6.04 Å². The lowest BCUT2D eigenvalue weighted by Crippen LogP contribution is -2.19. The monoisotopic (exact) mass is 191 g/mol. The number of nitrogens with one attached hydrogen (secondary N) is 2. The van der Waals surface area contributed by atoms with Gasteiger partial charge in [0.1, 0.15) is 5.82 Å². The van der Waals surface area contributed by atoms with Gasteiger partial charge in [0.25, 0.3) is 0 Å². The van der Waals surface area contributed by atoms with Crippen molar-refractivity contribution >= 4 is 0 Å². The van der Waals surface area contributed by atoms with Gasteiger partial charge < -0.3 is 14.7 Å². The predicted molar refractivity (Wildman–Crippen MR) is 52.8 cm³/mol. The van der Waals surface area contributed by atoms with E-state index >= 15 is 0 Å². The van der Waals surface area contributed by atoms with E-state index in [1.807, 2.05) is 19.3 Å². The second kappa shape index (κ2) is 4.11. The third-order valence-electron chi connectivity index (χ3n) is 2.22. The highest BCUT2D eigenvalue weighted by molar-refractivity contribution is 5.10. The number of aromatic amines is 1. The molecule has 0 saturated heterocycles. The summed E-state index contributed by atoms with van der Waals surface area (Å²) in [6.45, 7) is 0. The van der Waals surface area contributed by atoms with Crippen molar-refractivity contribution in [1.82, 2.24) is 15.3 Å². The summed E-state index contributed by atoms with van der Waals surface area (Å²) in [5.74, 6) is 0.953. The van der Waals surface area contributed by atoms with Crippen LogP contribution in [0, 0.1) is 0 Å². The molecule has 0 bridgehead atoms. The first kappa shape index (κ1) is 9.02. The van der Waals surface area contributed by atoms with Gasteiger partial charge >= 0.3 is 0 Å². The Labute approximate surface area is 82.4 Å². The number of aromatic nitrogens is 2. The van der Waals surface area contributed by atoms with Gasteiger partial charge in [-0.2, -0.15) is 0 Å². The summed E-state index contributed by atoms with van der Waals surface area (Å²) >= 11 is 0. The number of H-pyrrole nitrogens is 1. The zero-order chi connectivity index (χ0) is 9.80. The van der Waals surface area contributed by atoms with Crippen LogP contribution in [0.15, 0.2) is 35.4 Å². The van der Waals surface area contributed by atoms with Crippen LogP contribution in [0.5, 0.6) is 0 Å². The maximum Gasteiger partial charge on any atom is 0.123 e. The van der Waals surface area contributed by atoms with Crippen molar-refractivity contribution in [2.75, 3.05) is 7.05 Å². The first-order chi connectivity index (χ1) is 6.90. The third-order valence-corrected chi connectivity index (χ3v) is 2.22. The molecule has 4 nitrogen and oxygen atoms in total. The second-order valence-corrected chi connectivity index (χ2v) is 3.15. The molecular weight excluding hydrogens is 178 g/mol. The predicted octanol–water partition coefficient (Wildman–Crippen LogP) is 1.51. The Morgan fingerprint density at radius 2 is 2.57 bits per heavy atom. The zero-order valence-electron chi connectivity index (χ0n) is 8.03. The Morgan fingerprint density at radius 1 is 1.64 bits per heavy atom. The molecular formula is C10H13N3O. The van der Waals surface area contributed by atoms with Crippen molar-refractivity contribution in [1.29, 1.82) is 0 Å². The molecule has 0 aromatic carbocycles. The molecule has 0 radical (unpaired) electrons. The smallest absolute Gasteiger partial charge is 0.123 e. The zero-order valence-corrected chi connectivity index (χ0v) is 8.03. The average Bonchev–Trinajstić information content (AvgIpc) is 2.86. The molecule has 4 heteroatoms. The number of hydrogen-bond acceptors (Lipinski definition) is 3. The summed E-state index contributed by atoms with van der Waals surface area (Å²) in [5.41, 5.74) is 1.17. The van der Waals surface area contributed by atoms with Crippen LogP contribution in [0.3, 0.4) is 0 Å². The van der Waals surface area contributed by atoms with Crippen LogP contribution < -0.4 is 5.32 Å². The Kier molecular flexibility index (Phi) is 2.65. The first-order valence-corrected chi connectivity index (χ1v) is 4.58. The fourth-order valence-electron chi connectivity index (χ4n) is 1.45. The topological polar surface area (TPSA) is 53.9 Å². The number of nitrogens with zero attached hydrogens (tertiary/aromatic N) is 1. The van der Waals surface area contributed by atoms with Crippen molar-refractivity contribution < 1.29 is 4.42 Å². The van der Waals surface area contributed by atoms with Gasteiger partial charge in [-0.1, -0.05) is 0 Å². The van der Waals surface area contributed by atoms with Crippen LogP contribution >= 0.6 is 0 Å². The van der Waals surface area contributed by atoms with Gasteiger partial charge in [0, 0.05) is 12.4 Å². The Balaban J connectivity index is 2.08. The van der Waals surface area contributed by atoms with E-state index in [4.69, 9.17) is 4.42 Å². The molecule has 2 N–H and O–H groups in total. The number of likely N-dealkylation sites (N-methyl/N-ethyl adjacent to an activating group) is 1. The van der Waals surface area contributed by atoms with Crippen LogP contribution in [0.1, 0.15) is 17.4 Å². The largest absolute Gasteiger partial charge is 0.472 e. The summed E-state index contributed by atoms with van der Waals surface area (Å²) in [4.78, 5) is 7.32. The third kappa shape index (κ3) is 1.85. The lowest BCUT2D eigenvalue weighted by atomic mass is 10.1. The van der Waals surface area contributed by atoms with Crippen LogP contribution in [0.4, 0.5) is 0 Å². The molecule has 0 aliphatic heterocycles. The lowest BCUT2D eigenvalue weighted by Gasteiger charge is -2.11. The van der Waals surface area contributed by atoms with Gasteiger partial charge in [-0.25, -0.2) is 4.98 Å². The van der Waals surface area contributed by atoms with E-state index in [0.717, 1.165) is 12.2 Å². The maximum atomic E-state index is 5.02. The molecule has 2 aromatic heterocycles. The Morgan fingerprint density at radius 3 is 3.14 bits per heavy atom. The highest BCUT2D eigenvalue weighted by Gasteiger charge is 2.12. The molecule has 2 aromatic rings. The number of rotatable bonds is 4. The molecule has 0 amide bonds. The number of imidazole rings is 1. The standard InChI is InChI=1S/C10H13N3O/c1-11-9(10-12-3-4-13-10)6-8-2-5-14-7-8/h2-5,7,9,11H,6H2,1H3,(H,12,13). The van der Waals surface area contributed by atoms with Gasteiger partial charge in [-0.05, 0) is 25.1 Å². The van der Waals surface area contributed by atoms with Crippen molar-refractivity contribution in [3.8, 4) is 0 Å². The van der Waals surface area contributed by atoms with Gasteiger partial charge in [0.15, 0.2) is 0 Å². The molecule has 1 unspecified atom stereocenters. The molecule has 0 saturated carbocycles. The maximum absolute atomic E-state index is 5.02. The average molecular weight is 191 g/mol. The van der Waals surface area contributed by atoms with E-state index in [1.165, 1.54) is 5.56 Å². The van der Waals surface area contributed by atoms with Crippen LogP contribution in [-0.4, -0.2) is 17.0 Å². The number of furan rings is 1. The van der Waals surface area contributed by atoms with Gasteiger partial charge in [0.05, 0.1) is 18.6 Å². The summed E-state index contributed by atoms with van der Waals surface area (Å²) in [7, 11) is 1.92. The number of hydrogen-bond donors (Lipinski definition) is 2. The first-order valence-electron chi connectivity index (χ1n) is 4.58. The van der Waals surface area contributed by atoms with Crippen molar-refractivity contribution in [3.05, 3.63) is 42.4 Å². The van der Waals surface area contributed by atoms with Crippen molar-refractivity contribution in [3.63, 3.8) is 0 Å². The van der Waals surface area contributed by atoms with Crippen molar-refractivity contribution in [2.45, 2.75) is 12.5 Å². The van der Waals surface area contributed by atoms with E-state index in [0.29, 0.717) is 0 Å². The molecule has 0 aliphatic carbocycles. The van der Waals surface area contributed by atoms with Gasteiger partial charge in [-0.3, -0.25) is 0 Å². The normalized spacial score (nSPS) is 12.9. The molecule has 74 valence electrons. The van der Waals surface area contributed by atoms with Crippen molar-refractivity contribution in [2.24, 2.45) is 0 Å². The fourth-order valence-corrected chi connectivity index (χ4v) is 1.45. The van der Waals surface area contributed by atoms with Gasteiger partial charge in [-0.15, -0.1) is 0 Å². The summed E-state index contributed by atoms with van der Waals surface area (Å²) in [6.07, 6.45) is 7.90. The minimum Gasteiger partial charge on any atom is -0.472 e. The Hall–Kier alpha value is -1.55.